The third kappa shape index (κ3) is 3.47. The van der Waals surface area contributed by atoms with Crippen molar-refractivity contribution in [3.8, 4) is 0 Å². The Hall–Kier alpha value is -0.750. The van der Waals surface area contributed by atoms with Crippen LogP contribution in [-0.4, -0.2) is 5.91 Å². The van der Waals surface area contributed by atoms with Gasteiger partial charge in [0.1, 0.15) is 0 Å². The number of carbonyl (C=O) groups excluding carboxylic acids is 1. The van der Waals surface area contributed by atoms with Gasteiger partial charge in [-0.25, -0.2) is 0 Å². The van der Waals surface area contributed by atoms with Crippen LogP contribution in [0.3, 0.4) is 0 Å². The summed E-state index contributed by atoms with van der Waals surface area (Å²) in [5, 5.41) is 3.47. The van der Waals surface area contributed by atoms with Gasteiger partial charge in [0.2, 0.25) is 0 Å². The predicted molar refractivity (Wildman–Crippen MR) is 90.7 cm³/mol. The molecule has 1 amide bonds. The molecule has 0 fully saturated rings. The van der Waals surface area contributed by atoms with Crippen LogP contribution in [-0.2, 0) is 0 Å². The lowest BCUT2D eigenvalue weighted by Gasteiger charge is -2.12. The van der Waals surface area contributed by atoms with E-state index in [1.165, 1.54) is 6.07 Å². The van der Waals surface area contributed by atoms with Crippen LogP contribution in [0.5, 0.6) is 0 Å². The first-order valence-corrected chi connectivity index (χ1v) is 7.73. The fourth-order valence-corrected chi connectivity index (χ4v) is 3.43. The van der Waals surface area contributed by atoms with Crippen LogP contribution in [0.1, 0.15) is 10.4 Å². The molecule has 0 spiro atoms. The maximum Gasteiger partial charge on any atom is 0.257 e. The summed E-state index contributed by atoms with van der Waals surface area (Å²) in [5.41, 5.74) is 7.13. The molecular formula is C13H8Br2Cl2N2O. The van der Waals surface area contributed by atoms with Gasteiger partial charge in [-0.2, -0.15) is 0 Å². The highest BCUT2D eigenvalue weighted by molar-refractivity contribution is 9.11. The Morgan fingerprint density at radius 1 is 1.15 bits per heavy atom. The molecule has 20 heavy (non-hydrogen) atoms. The van der Waals surface area contributed by atoms with E-state index in [0.29, 0.717) is 26.4 Å². The summed E-state index contributed by atoms with van der Waals surface area (Å²) < 4.78 is 1.48. The minimum Gasteiger partial charge on any atom is -0.397 e. The topological polar surface area (TPSA) is 55.1 Å². The maximum absolute atomic E-state index is 12.2. The van der Waals surface area contributed by atoms with E-state index >= 15 is 0 Å². The summed E-state index contributed by atoms with van der Waals surface area (Å²) in [6.07, 6.45) is 0. The SMILES string of the molecule is Nc1cc(Br)cc(Br)c1NC(=O)c1ccc(Cl)cc1Cl. The van der Waals surface area contributed by atoms with E-state index < -0.39 is 0 Å². The number of amides is 1. The van der Waals surface area contributed by atoms with Crippen molar-refractivity contribution in [2.75, 3.05) is 11.1 Å². The third-order valence-electron chi connectivity index (χ3n) is 2.50. The highest BCUT2D eigenvalue weighted by Crippen LogP contribution is 2.33. The highest BCUT2D eigenvalue weighted by Gasteiger charge is 2.14. The van der Waals surface area contributed by atoms with Gasteiger partial charge in [0.05, 0.1) is 22.0 Å². The Bertz CT molecular complexity index is 669. The van der Waals surface area contributed by atoms with Gasteiger partial charge in [0, 0.05) is 14.0 Å². The van der Waals surface area contributed by atoms with Crippen molar-refractivity contribution < 1.29 is 4.79 Å². The maximum atomic E-state index is 12.2. The van der Waals surface area contributed by atoms with Crippen molar-refractivity contribution in [1.82, 2.24) is 0 Å². The van der Waals surface area contributed by atoms with Crippen molar-refractivity contribution in [2.45, 2.75) is 0 Å². The molecular weight excluding hydrogens is 431 g/mol. The van der Waals surface area contributed by atoms with Gasteiger partial charge in [0.25, 0.3) is 5.91 Å². The zero-order chi connectivity index (χ0) is 14.9. The number of nitrogens with two attached hydrogens (primary N) is 1. The second-order valence-electron chi connectivity index (χ2n) is 3.93. The first kappa shape index (κ1) is 15.6. The number of hydrogen-bond donors (Lipinski definition) is 2. The third-order valence-corrected chi connectivity index (χ3v) is 4.13. The number of carbonyl (C=O) groups is 1. The number of anilines is 2. The Morgan fingerprint density at radius 3 is 2.45 bits per heavy atom. The van der Waals surface area contributed by atoms with Crippen molar-refractivity contribution in [2.24, 2.45) is 0 Å². The molecule has 0 saturated carbocycles. The fourth-order valence-electron chi connectivity index (χ4n) is 1.58. The van der Waals surface area contributed by atoms with Gasteiger partial charge in [-0.15, -0.1) is 0 Å². The van der Waals surface area contributed by atoms with E-state index in [0.717, 1.165) is 4.47 Å². The zero-order valence-corrected chi connectivity index (χ0v) is 14.6. The van der Waals surface area contributed by atoms with Crippen LogP contribution in [0.15, 0.2) is 39.3 Å². The Labute approximate surface area is 142 Å². The molecule has 0 aliphatic heterocycles. The number of halogens is 4. The molecule has 0 aliphatic rings. The molecule has 2 aromatic carbocycles. The van der Waals surface area contributed by atoms with Crippen LogP contribution < -0.4 is 11.1 Å². The molecule has 0 bridgehead atoms. The Morgan fingerprint density at radius 2 is 1.85 bits per heavy atom. The van der Waals surface area contributed by atoms with Gasteiger partial charge in [-0.05, 0) is 46.3 Å². The number of nitrogens with one attached hydrogen (secondary N) is 1. The van der Waals surface area contributed by atoms with Gasteiger partial charge in [-0.3, -0.25) is 4.79 Å². The van der Waals surface area contributed by atoms with Gasteiger partial charge < -0.3 is 11.1 Å². The van der Waals surface area contributed by atoms with E-state index in [1.807, 2.05) is 0 Å². The second-order valence-corrected chi connectivity index (χ2v) is 6.54. The highest BCUT2D eigenvalue weighted by atomic mass is 79.9. The van der Waals surface area contributed by atoms with Crippen molar-refractivity contribution >= 4 is 72.3 Å². The lowest BCUT2D eigenvalue weighted by Crippen LogP contribution is -2.14. The average molecular weight is 439 g/mol. The lowest BCUT2D eigenvalue weighted by molar-refractivity contribution is 0.102. The van der Waals surface area contributed by atoms with E-state index in [-0.39, 0.29) is 10.9 Å². The number of benzene rings is 2. The molecule has 2 rings (SSSR count). The molecule has 0 radical (unpaired) electrons. The van der Waals surface area contributed by atoms with Gasteiger partial charge in [0.15, 0.2) is 0 Å². The van der Waals surface area contributed by atoms with Crippen LogP contribution in [0.25, 0.3) is 0 Å². The normalized spacial score (nSPS) is 10.4. The fraction of sp³-hybridized carbons (Fsp3) is 0. The minimum atomic E-state index is -0.360. The summed E-state index contributed by atoms with van der Waals surface area (Å²) in [6, 6.07) is 8.16. The van der Waals surface area contributed by atoms with E-state index in [4.69, 9.17) is 28.9 Å². The lowest BCUT2D eigenvalue weighted by atomic mass is 10.2. The number of hydrogen-bond acceptors (Lipinski definition) is 2. The minimum absolute atomic E-state index is 0.279. The van der Waals surface area contributed by atoms with Crippen LogP contribution in [0.4, 0.5) is 11.4 Å². The summed E-state index contributed by atoms with van der Waals surface area (Å²) in [6.45, 7) is 0. The molecule has 0 heterocycles. The summed E-state index contributed by atoms with van der Waals surface area (Å²) in [5.74, 6) is -0.360. The van der Waals surface area contributed by atoms with E-state index in [1.54, 1.807) is 24.3 Å². The first-order valence-electron chi connectivity index (χ1n) is 5.39. The first-order chi connectivity index (χ1) is 9.38. The molecule has 0 aliphatic carbocycles. The molecule has 104 valence electrons. The Kier molecular flexibility index (Phi) is 4.96. The van der Waals surface area contributed by atoms with Crippen LogP contribution in [0.2, 0.25) is 10.0 Å². The molecule has 3 nitrogen and oxygen atoms in total. The van der Waals surface area contributed by atoms with Gasteiger partial charge >= 0.3 is 0 Å². The van der Waals surface area contributed by atoms with Gasteiger partial charge in [-0.1, -0.05) is 39.1 Å². The molecule has 0 aromatic heterocycles. The van der Waals surface area contributed by atoms with Crippen molar-refractivity contribution in [1.29, 1.82) is 0 Å². The number of rotatable bonds is 2. The van der Waals surface area contributed by atoms with Crippen LogP contribution >= 0.6 is 55.1 Å². The van der Waals surface area contributed by atoms with Crippen LogP contribution in [0, 0.1) is 0 Å². The molecule has 0 unspecified atom stereocenters. The molecule has 2 aromatic rings. The van der Waals surface area contributed by atoms with E-state index in [2.05, 4.69) is 37.2 Å². The smallest absolute Gasteiger partial charge is 0.257 e. The standard InChI is InChI=1S/C13H8Br2Cl2N2O/c14-6-3-9(15)12(11(18)4-6)19-13(20)8-2-1-7(16)5-10(8)17/h1-5H,18H2,(H,19,20). The largest absolute Gasteiger partial charge is 0.397 e. The molecule has 7 heteroatoms. The Balaban J connectivity index is 2.33. The second kappa shape index (κ2) is 6.35. The molecule has 0 saturated heterocycles. The monoisotopic (exact) mass is 436 g/mol. The van der Waals surface area contributed by atoms with Crippen molar-refractivity contribution in [3.05, 3.63) is 54.9 Å². The average Bonchev–Trinajstić information content (AvgIpc) is 2.33. The summed E-state index contributed by atoms with van der Waals surface area (Å²) >= 11 is 18.5. The zero-order valence-electron chi connectivity index (χ0n) is 9.88. The summed E-state index contributed by atoms with van der Waals surface area (Å²) in [4.78, 5) is 12.2. The van der Waals surface area contributed by atoms with Crippen molar-refractivity contribution in [3.63, 3.8) is 0 Å². The quantitative estimate of drug-likeness (QED) is 0.621. The van der Waals surface area contributed by atoms with E-state index in [9.17, 15) is 4.79 Å². The molecule has 0 atom stereocenters. The molecule has 3 N–H and O–H groups in total. The number of nitrogen functional groups attached to an aromatic ring is 1. The predicted octanol–water partition coefficient (Wildman–Crippen LogP) is 5.35. The summed E-state index contributed by atoms with van der Waals surface area (Å²) in [7, 11) is 0.